The zero-order valence-corrected chi connectivity index (χ0v) is 8.77. The molecule has 2 heteroatoms. The summed E-state index contributed by atoms with van der Waals surface area (Å²) in [5.41, 5.74) is 2.36. The van der Waals surface area contributed by atoms with Crippen LogP contribution < -0.4 is 4.90 Å². The van der Waals surface area contributed by atoms with Gasteiger partial charge < -0.3 is 4.90 Å². The Hall–Kier alpha value is -1.31. The summed E-state index contributed by atoms with van der Waals surface area (Å²) < 4.78 is 0. The highest BCUT2D eigenvalue weighted by atomic mass is 15.1. The second-order valence-corrected chi connectivity index (χ2v) is 4.11. The maximum atomic E-state index is 4.35. The Morgan fingerprint density at radius 1 is 1.50 bits per heavy atom. The molecule has 0 bridgehead atoms. The Morgan fingerprint density at radius 2 is 2.36 bits per heavy atom. The van der Waals surface area contributed by atoms with Crippen molar-refractivity contribution in [2.75, 3.05) is 18.0 Å². The van der Waals surface area contributed by atoms with E-state index in [1.54, 1.807) is 0 Å². The first kappa shape index (κ1) is 9.25. The van der Waals surface area contributed by atoms with E-state index in [0.717, 1.165) is 18.8 Å². The van der Waals surface area contributed by atoms with Crippen molar-refractivity contribution in [3.8, 4) is 0 Å². The van der Waals surface area contributed by atoms with E-state index in [1.807, 2.05) is 12.3 Å². The molecule has 1 aromatic heterocycles. The van der Waals surface area contributed by atoms with E-state index in [0.29, 0.717) is 5.92 Å². The zero-order valence-electron chi connectivity index (χ0n) is 8.77. The lowest BCUT2D eigenvalue weighted by atomic mass is 10.1. The molecule has 0 aliphatic carbocycles. The molecular weight excluding hydrogens is 172 g/mol. The van der Waals surface area contributed by atoms with Gasteiger partial charge in [0.1, 0.15) is 0 Å². The lowest BCUT2D eigenvalue weighted by Crippen LogP contribution is -2.30. The van der Waals surface area contributed by atoms with Crippen molar-refractivity contribution in [3.63, 3.8) is 0 Å². The molecule has 0 fully saturated rings. The van der Waals surface area contributed by atoms with E-state index in [1.165, 1.54) is 5.69 Å². The fraction of sp³-hybridized carbons (Fsp3) is 0.417. The highest BCUT2D eigenvalue weighted by Gasteiger charge is 2.13. The molecule has 2 nitrogen and oxygen atoms in total. The quantitative estimate of drug-likeness (QED) is 0.709. The van der Waals surface area contributed by atoms with Crippen molar-refractivity contribution in [3.05, 3.63) is 30.1 Å². The summed E-state index contributed by atoms with van der Waals surface area (Å²) in [4.78, 5) is 6.73. The molecule has 0 amide bonds. The summed E-state index contributed by atoms with van der Waals surface area (Å²) >= 11 is 0. The number of aromatic nitrogens is 1. The third kappa shape index (κ3) is 1.79. The third-order valence-electron chi connectivity index (χ3n) is 2.34. The van der Waals surface area contributed by atoms with Crippen molar-refractivity contribution in [1.29, 1.82) is 0 Å². The van der Waals surface area contributed by atoms with Crippen LogP contribution in [-0.4, -0.2) is 18.1 Å². The second kappa shape index (κ2) is 3.82. The van der Waals surface area contributed by atoms with E-state index in [4.69, 9.17) is 0 Å². The van der Waals surface area contributed by atoms with Gasteiger partial charge in [-0.2, -0.15) is 0 Å². The number of hydrogen-bond donors (Lipinski definition) is 0. The van der Waals surface area contributed by atoms with Crippen LogP contribution in [0.25, 0.3) is 6.08 Å². The van der Waals surface area contributed by atoms with Crippen molar-refractivity contribution >= 4 is 11.8 Å². The molecule has 1 aliphatic heterocycles. The summed E-state index contributed by atoms with van der Waals surface area (Å²) in [5, 5.41) is 0. The maximum absolute atomic E-state index is 4.35. The predicted molar refractivity (Wildman–Crippen MR) is 60.3 cm³/mol. The van der Waals surface area contributed by atoms with Gasteiger partial charge in [-0.1, -0.05) is 19.9 Å². The van der Waals surface area contributed by atoms with Gasteiger partial charge in [0.2, 0.25) is 0 Å². The molecule has 0 atom stereocenters. The van der Waals surface area contributed by atoms with Gasteiger partial charge in [0.05, 0.1) is 11.4 Å². The monoisotopic (exact) mass is 188 g/mol. The van der Waals surface area contributed by atoms with Crippen LogP contribution in [0, 0.1) is 5.92 Å². The Kier molecular flexibility index (Phi) is 2.53. The van der Waals surface area contributed by atoms with Gasteiger partial charge in [-0.3, -0.25) is 4.98 Å². The molecule has 1 aromatic rings. The number of rotatable bonds is 2. The van der Waals surface area contributed by atoms with E-state index in [9.17, 15) is 0 Å². The largest absolute Gasteiger partial charge is 0.366 e. The zero-order chi connectivity index (χ0) is 9.97. The molecule has 0 aromatic carbocycles. The van der Waals surface area contributed by atoms with Crippen LogP contribution in [0.4, 0.5) is 5.69 Å². The van der Waals surface area contributed by atoms with E-state index < -0.39 is 0 Å². The predicted octanol–water partition coefficient (Wildman–Crippen LogP) is 2.57. The lowest BCUT2D eigenvalue weighted by Gasteiger charge is -2.28. The van der Waals surface area contributed by atoms with Crippen LogP contribution in [0.1, 0.15) is 19.5 Å². The lowest BCUT2D eigenvalue weighted by molar-refractivity contribution is 0.624. The normalized spacial score (nSPS) is 14.6. The summed E-state index contributed by atoms with van der Waals surface area (Å²) in [5.74, 6) is 0.689. The number of anilines is 1. The van der Waals surface area contributed by atoms with Crippen LogP contribution in [0.2, 0.25) is 0 Å². The summed E-state index contributed by atoms with van der Waals surface area (Å²) in [7, 11) is 0. The van der Waals surface area contributed by atoms with Crippen LogP contribution in [-0.2, 0) is 0 Å². The number of hydrogen-bond acceptors (Lipinski definition) is 2. The fourth-order valence-corrected chi connectivity index (χ4v) is 1.81. The van der Waals surface area contributed by atoms with Gasteiger partial charge in [0.25, 0.3) is 0 Å². The van der Waals surface area contributed by atoms with Crippen LogP contribution in [0.3, 0.4) is 0 Å². The summed E-state index contributed by atoms with van der Waals surface area (Å²) in [6.07, 6.45) is 6.13. The first-order valence-electron chi connectivity index (χ1n) is 5.14. The van der Waals surface area contributed by atoms with Crippen molar-refractivity contribution in [2.45, 2.75) is 13.8 Å². The Morgan fingerprint density at radius 3 is 3.14 bits per heavy atom. The third-order valence-corrected chi connectivity index (χ3v) is 2.34. The molecule has 0 radical (unpaired) electrons. The van der Waals surface area contributed by atoms with Gasteiger partial charge in [-0.05, 0) is 24.1 Å². The Balaban J connectivity index is 2.27. The van der Waals surface area contributed by atoms with Crippen molar-refractivity contribution < 1.29 is 0 Å². The van der Waals surface area contributed by atoms with E-state index in [2.05, 4.69) is 41.9 Å². The van der Waals surface area contributed by atoms with Gasteiger partial charge in [-0.15, -0.1) is 0 Å². The molecule has 0 saturated carbocycles. The smallest absolute Gasteiger partial charge is 0.0860 e. The highest BCUT2D eigenvalue weighted by Crippen LogP contribution is 2.23. The number of fused-ring (bicyclic) bond motifs is 1. The van der Waals surface area contributed by atoms with Crippen LogP contribution >= 0.6 is 0 Å². The van der Waals surface area contributed by atoms with Gasteiger partial charge in [0, 0.05) is 19.3 Å². The summed E-state index contributed by atoms with van der Waals surface area (Å²) in [6, 6.07) is 4.15. The first-order chi connectivity index (χ1) is 6.77. The molecule has 0 N–H and O–H groups in total. The molecule has 0 spiro atoms. The maximum Gasteiger partial charge on any atom is 0.0860 e. The second-order valence-electron chi connectivity index (χ2n) is 4.11. The average molecular weight is 188 g/mol. The number of nitrogens with zero attached hydrogens (tertiary/aromatic N) is 2. The first-order valence-corrected chi connectivity index (χ1v) is 5.14. The van der Waals surface area contributed by atoms with Gasteiger partial charge >= 0.3 is 0 Å². The molecule has 1 aliphatic rings. The minimum absolute atomic E-state index is 0.689. The Bertz CT molecular complexity index is 342. The average Bonchev–Trinajstić information content (AvgIpc) is 2.18. The van der Waals surface area contributed by atoms with Crippen molar-refractivity contribution in [2.24, 2.45) is 5.92 Å². The standard InChI is InChI=1S/C12H16N2/c1-10(2)9-14-8-4-5-11-12(14)6-3-7-13-11/h3-7,10H,8-9H2,1-2H3. The van der Waals surface area contributed by atoms with E-state index >= 15 is 0 Å². The van der Waals surface area contributed by atoms with E-state index in [-0.39, 0.29) is 0 Å². The molecule has 14 heavy (non-hydrogen) atoms. The van der Waals surface area contributed by atoms with Crippen LogP contribution in [0.15, 0.2) is 24.4 Å². The Labute approximate surface area is 85.3 Å². The molecular formula is C12H16N2. The fourth-order valence-electron chi connectivity index (χ4n) is 1.81. The SMILES string of the molecule is CC(C)CN1CC=Cc2ncccc21. The summed E-state index contributed by atoms with van der Waals surface area (Å²) in [6.45, 7) is 6.60. The molecule has 2 heterocycles. The minimum Gasteiger partial charge on any atom is -0.366 e. The van der Waals surface area contributed by atoms with Gasteiger partial charge in [0.15, 0.2) is 0 Å². The highest BCUT2D eigenvalue weighted by molar-refractivity contribution is 5.67. The van der Waals surface area contributed by atoms with Crippen LogP contribution in [0.5, 0.6) is 0 Å². The molecule has 2 rings (SSSR count). The minimum atomic E-state index is 0.689. The molecule has 0 unspecified atom stereocenters. The van der Waals surface area contributed by atoms with Gasteiger partial charge in [-0.25, -0.2) is 0 Å². The molecule has 74 valence electrons. The molecule has 0 saturated heterocycles. The van der Waals surface area contributed by atoms with Crippen molar-refractivity contribution in [1.82, 2.24) is 4.98 Å². The number of pyridine rings is 1. The topological polar surface area (TPSA) is 16.1 Å².